The predicted octanol–water partition coefficient (Wildman–Crippen LogP) is 4.83. The maximum Gasteiger partial charge on any atom is 0.234 e. The largest absolute Gasteiger partial charge is 0.379 e. The van der Waals surface area contributed by atoms with Crippen LogP contribution in [-0.4, -0.2) is 72.9 Å². The van der Waals surface area contributed by atoms with Gasteiger partial charge in [-0.25, -0.2) is 8.42 Å². The Kier molecular flexibility index (Phi) is 22.4. The molecule has 2 N–H and O–H groups in total. The number of ketones is 1. The third-order valence-electron chi connectivity index (χ3n) is 6.65. The molecule has 0 bridgehead atoms. The molecule has 0 saturated carbocycles. The molecule has 0 aliphatic carbocycles. The fourth-order valence-electron chi connectivity index (χ4n) is 4.40. The molecule has 1 rings (SSSR count). The van der Waals surface area contributed by atoms with Gasteiger partial charge in [-0.3, -0.25) is 14.3 Å². The first-order chi connectivity index (χ1) is 19.4. The highest BCUT2D eigenvalue weighted by molar-refractivity contribution is 7.90. The molecule has 1 aromatic heterocycles. The van der Waals surface area contributed by atoms with Crippen LogP contribution in [0.4, 0.5) is 0 Å². The molecule has 0 atom stereocenters. The van der Waals surface area contributed by atoms with Gasteiger partial charge in [-0.2, -0.15) is 5.21 Å². The van der Waals surface area contributed by atoms with Crippen molar-refractivity contribution in [2.75, 3.05) is 32.2 Å². The number of nitrogens with zero attached hydrogens (tertiary/aromatic N) is 3. The van der Waals surface area contributed by atoms with Crippen molar-refractivity contribution in [3.05, 3.63) is 5.82 Å². The van der Waals surface area contributed by atoms with Crippen molar-refractivity contribution in [1.29, 1.82) is 0 Å². The van der Waals surface area contributed by atoms with Crippen LogP contribution in [0.15, 0.2) is 0 Å². The molecular weight excluding hydrogens is 534 g/mol. The molecule has 0 saturated heterocycles. The van der Waals surface area contributed by atoms with Crippen LogP contribution in [0.3, 0.4) is 0 Å². The number of rotatable bonds is 29. The molecule has 0 fully saturated rings. The summed E-state index contributed by atoms with van der Waals surface area (Å²) in [6.07, 6.45) is 17.6. The molecule has 1 aromatic rings. The fraction of sp³-hybridized carbons (Fsp3) is 0.893. The van der Waals surface area contributed by atoms with E-state index in [1.807, 2.05) is 6.92 Å². The standard InChI is InChI=1S/C28H53N5O6S/c1-2-38-23-24-39-22-16-18-26(34)19-17-25-40(36,37)31-28(35)21-15-13-11-9-7-5-3-4-6-8-10-12-14-20-27-29-32-33-30-27/h2-25H2,1H3,(H,31,35)(H,29,30,32,33). The number of unbranched alkanes of at least 4 members (excludes halogenated alkanes) is 12. The molecule has 11 nitrogen and oxygen atoms in total. The summed E-state index contributed by atoms with van der Waals surface area (Å²) in [5, 5.41) is 14.0. The van der Waals surface area contributed by atoms with Gasteiger partial charge in [-0.15, -0.1) is 10.2 Å². The van der Waals surface area contributed by atoms with Crippen LogP contribution in [0.2, 0.25) is 0 Å². The summed E-state index contributed by atoms with van der Waals surface area (Å²) in [6.45, 7) is 4.11. The molecule has 0 radical (unpaired) electrons. The van der Waals surface area contributed by atoms with Crippen molar-refractivity contribution in [1.82, 2.24) is 25.3 Å². The lowest BCUT2D eigenvalue weighted by Gasteiger charge is -2.07. The minimum atomic E-state index is -3.69. The smallest absolute Gasteiger partial charge is 0.234 e. The number of H-pyrrole nitrogens is 1. The van der Waals surface area contributed by atoms with Crippen LogP contribution < -0.4 is 4.72 Å². The Morgan fingerprint density at radius 2 is 1.30 bits per heavy atom. The van der Waals surface area contributed by atoms with Crippen LogP contribution in [0.25, 0.3) is 0 Å². The number of aryl methyl sites for hydroxylation is 1. The van der Waals surface area contributed by atoms with Gasteiger partial charge < -0.3 is 9.47 Å². The summed E-state index contributed by atoms with van der Waals surface area (Å²) in [7, 11) is -3.69. The average Bonchev–Trinajstić information content (AvgIpc) is 3.43. The predicted molar refractivity (Wildman–Crippen MR) is 155 cm³/mol. The number of Topliss-reactive ketones (excluding diaryl/α,β-unsaturated/α-hetero) is 1. The highest BCUT2D eigenvalue weighted by atomic mass is 32.2. The Hall–Kier alpha value is -1.92. The second kappa shape index (κ2) is 24.8. The van der Waals surface area contributed by atoms with Crippen molar-refractivity contribution in [2.45, 2.75) is 129 Å². The third-order valence-corrected chi connectivity index (χ3v) is 8.02. The number of aromatic amines is 1. The number of nitrogens with one attached hydrogen (secondary N) is 2. The number of hydrogen-bond donors (Lipinski definition) is 2. The lowest BCUT2D eigenvalue weighted by Crippen LogP contribution is -2.32. The number of carbonyl (C=O) groups excluding carboxylic acids is 2. The van der Waals surface area contributed by atoms with E-state index in [-0.39, 0.29) is 30.8 Å². The van der Waals surface area contributed by atoms with E-state index in [9.17, 15) is 18.0 Å². The van der Waals surface area contributed by atoms with Gasteiger partial charge in [0, 0.05) is 38.9 Å². The summed E-state index contributed by atoms with van der Waals surface area (Å²) < 4.78 is 36.9. The van der Waals surface area contributed by atoms with E-state index >= 15 is 0 Å². The number of sulfonamides is 1. The Morgan fingerprint density at radius 3 is 1.90 bits per heavy atom. The van der Waals surface area contributed by atoms with Gasteiger partial charge in [-0.05, 0) is 32.6 Å². The summed E-state index contributed by atoms with van der Waals surface area (Å²) in [4.78, 5) is 23.9. The molecule has 0 aromatic carbocycles. The van der Waals surface area contributed by atoms with Gasteiger partial charge in [0.05, 0.1) is 19.0 Å². The molecular formula is C28H53N5O6S. The van der Waals surface area contributed by atoms with Gasteiger partial charge in [0.15, 0.2) is 5.82 Å². The molecule has 40 heavy (non-hydrogen) atoms. The second-order valence-corrected chi connectivity index (χ2v) is 12.2. The number of tetrazole rings is 1. The highest BCUT2D eigenvalue weighted by Gasteiger charge is 2.15. The lowest BCUT2D eigenvalue weighted by atomic mass is 10.0. The first kappa shape index (κ1) is 36.1. The van der Waals surface area contributed by atoms with Gasteiger partial charge in [0.2, 0.25) is 15.9 Å². The molecule has 1 amide bonds. The normalized spacial score (nSPS) is 11.6. The van der Waals surface area contributed by atoms with Crippen LogP contribution in [0.1, 0.15) is 128 Å². The Balaban J connectivity index is 1.86. The topological polar surface area (TPSA) is 153 Å². The zero-order chi connectivity index (χ0) is 29.2. The monoisotopic (exact) mass is 587 g/mol. The van der Waals surface area contributed by atoms with E-state index in [4.69, 9.17) is 9.47 Å². The molecule has 0 aliphatic rings. The minimum Gasteiger partial charge on any atom is -0.379 e. The van der Waals surface area contributed by atoms with E-state index in [1.54, 1.807) is 0 Å². The van der Waals surface area contributed by atoms with Crippen molar-refractivity contribution in [3.63, 3.8) is 0 Å². The Bertz CT molecular complexity index is 851. The van der Waals surface area contributed by atoms with Crippen LogP contribution in [-0.2, 0) is 35.5 Å². The first-order valence-electron chi connectivity index (χ1n) is 15.4. The SMILES string of the molecule is CCOCCOCCCC(=O)CCCS(=O)(=O)NC(=O)CCCCCCCCCCCCCCCc1nn[nH]n1. The van der Waals surface area contributed by atoms with Crippen molar-refractivity contribution < 1.29 is 27.5 Å². The molecule has 1 heterocycles. The fourth-order valence-corrected chi connectivity index (χ4v) is 5.47. The molecule has 0 spiro atoms. The molecule has 0 unspecified atom stereocenters. The summed E-state index contributed by atoms with van der Waals surface area (Å²) in [5.41, 5.74) is 0. The van der Waals surface area contributed by atoms with Crippen LogP contribution >= 0.6 is 0 Å². The number of carbonyl (C=O) groups is 2. The van der Waals surface area contributed by atoms with Gasteiger partial charge >= 0.3 is 0 Å². The zero-order valence-electron chi connectivity index (χ0n) is 24.7. The van der Waals surface area contributed by atoms with E-state index in [0.717, 1.165) is 37.9 Å². The van der Waals surface area contributed by atoms with Crippen LogP contribution in [0, 0.1) is 0 Å². The molecule has 12 heteroatoms. The number of ether oxygens (including phenoxy) is 2. The van der Waals surface area contributed by atoms with E-state index in [2.05, 4.69) is 25.3 Å². The number of hydrogen-bond acceptors (Lipinski definition) is 9. The van der Waals surface area contributed by atoms with Crippen molar-refractivity contribution in [3.8, 4) is 0 Å². The van der Waals surface area contributed by atoms with Gasteiger partial charge in [-0.1, -0.05) is 75.8 Å². The number of amides is 1. The Labute approximate surface area is 241 Å². The summed E-state index contributed by atoms with van der Waals surface area (Å²) in [6, 6.07) is 0. The quantitative estimate of drug-likeness (QED) is 0.125. The average molecular weight is 588 g/mol. The van der Waals surface area contributed by atoms with Crippen LogP contribution in [0.5, 0.6) is 0 Å². The van der Waals surface area contributed by atoms with Gasteiger partial charge in [0.1, 0.15) is 5.78 Å². The minimum absolute atomic E-state index is 0.0132. The lowest BCUT2D eigenvalue weighted by molar-refractivity contribution is -0.120. The Morgan fingerprint density at radius 1 is 0.725 bits per heavy atom. The van der Waals surface area contributed by atoms with Crippen molar-refractivity contribution in [2.24, 2.45) is 0 Å². The van der Waals surface area contributed by atoms with E-state index in [0.29, 0.717) is 45.7 Å². The van der Waals surface area contributed by atoms with E-state index < -0.39 is 15.9 Å². The summed E-state index contributed by atoms with van der Waals surface area (Å²) >= 11 is 0. The first-order valence-corrected chi connectivity index (χ1v) is 17.0. The highest BCUT2D eigenvalue weighted by Crippen LogP contribution is 2.13. The molecule has 232 valence electrons. The molecule has 0 aliphatic heterocycles. The summed E-state index contributed by atoms with van der Waals surface area (Å²) in [5.74, 6) is 0.150. The maximum atomic E-state index is 12.1. The number of aromatic nitrogens is 4. The maximum absolute atomic E-state index is 12.1. The van der Waals surface area contributed by atoms with E-state index in [1.165, 1.54) is 51.4 Å². The van der Waals surface area contributed by atoms with Gasteiger partial charge in [0.25, 0.3) is 0 Å². The van der Waals surface area contributed by atoms with Crippen molar-refractivity contribution >= 4 is 21.7 Å². The third kappa shape index (κ3) is 22.9. The second-order valence-electron chi connectivity index (χ2n) is 10.3. The zero-order valence-corrected chi connectivity index (χ0v) is 25.5.